The van der Waals surface area contributed by atoms with Gasteiger partial charge in [-0.3, -0.25) is 4.57 Å². The van der Waals surface area contributed by atoms with Crippen molar-refractivity contribution in [3.63, 3.8) is 0 Å². The van der Waals surface area contributed by atoms with Gasteiger partial charge in [-0.05, 0) is 12.3 Å². The van der Waals surface area contributed by atoms with Crippen molar-refractivity contribution in [2.24, 2.45) is 5.73 Å². The number of aliphatic hydroxyl groups is 3. The number of anilines is 1. The lowest BCUT2D eigenvalue weighted by Crippen LogP contribution is -2.50. The second-order valence-corrected chi connectivity index (χ2v) is 4.76. The zero-order chi connectivity index (χ0) is 15.6. The molecule has 0 spiro atoms. The lowest BCUT2D eigenvalue weighted by atomic mass is 9.99. The molecule has 2 heterocycles. The van der Waals surface area contributed by atoms with Crippen LogP contribution >= 0.6 is 0 Å². The second kappa shape index (κ2) is 5.82. The monoisotopic (exact) mass is 298 g/mol. The summed E-state index contributed by atoms with van der Waals surface area (Å²) in [6.45, 7) is -0.510. The third-order valence-electron chi connectivity index (χ3n) is 3.48. The molecule has 1 aliphatic rings. The SMILES string of the molecule is N/C=C/C[C@@]1(n2ccc(N)nc2=O)O[C@H](CO)[C@@H](O)[C@H]1O. The Balaban J connectivity index is 2.55. The summed E-state index contributed by atoms with van der Waals surface area (Å²) < 4.78 is 6.59. The molecule has 7 N–H and O–H groups in total. The van der Waals surface area contributed by atoms with Gasteiger partial charge in [-0.2, -0.15) is 4.98 Å². The molecule has 1 saturated heterocycles. The van der Waals surface area contributed by atoms with Crippen molar-refractivity contribution in [1.82, 2.24) is 9.55 Å². The highest BCUT2D eigenvalue weighted by Crippen LogP contribution is 2.37. The van der Waals surface area contributed by atoms with Gasteiger partial charge in [0.05, 0.1) is 6.61 Å². The lowest BCUT2D eigenvalue weighted by molar-refractivity contribution is -0.148. The summed E-state index contributed by atoms with van der Waals surface area (Å²) in [5.74, 6) is 0.0208. The highest BCUT2D eigenvalue weighted by Gasteiger charge is 2.55. The topological polar surface area (TPSA) is 157 Å². The molecule has 116 valence electrons. The Morgan fingerprint density at radius 2 is 2.24 bits per heavy atom. The number of nitrogen functional groups attached to an aromatic ring is 1. The lowest BCUT2D eigenvalue weighted by Gasteiger charge is -2.32. The van der Waals surface area contributed by atoms with Crippen molar-refractivity contribution in [3.8, 4) is 0 Å². The van der Waals surface area contributed by atoms with E-state index in [-0.39, 0.29) is 12.2 Å². The van der Waals surface area contributed by atoms with E-state index >= 15 is 0 Å². The van der Waals surface area contributed by atoms with Gasteiger partial charge < -0.3 is 31.5 Å². The Morgan fingerprint density at radius 1 is 1.52 bits per heavy atom. The molecule has 4 atom stereocenters. The minimum absolute atomic E-state index is 0.00370. The molecule has 21 heavy (non-hydrogen) atoms. The highest BCUT2D eigenvalue weighted by atomic mass is 16.6. The number of aliphatic hydroxyl groups excluding tert-OH is 3. The smallest absolute Gasteiger partial charge is 0.351 e. The molecule has 0 radical (unpaired) electrons. The number of ether oxygens (including phenoxy) is 1. The predicted octanol–water partition coefficient (Wildman–Crippen LogP) is -2.55. The number of rotatable bonds is 4. The minimum Gasteiger partial charge on any atom is -0.405 e. The van der Waals surface area contributed by atoms with Crippen LogP contribution in [0.15, 0.2) is 29.3 Å². The first-order chi connectivity index (χ1) is 9.96. The zero-order valence-corrected chi connectivity index (χ0v) is 11.2. The number of nitrogens with zero attached hydrogens (tertiary/aromatic N) is 2. The van der Waals surface area contributed by atoms with Gasteiger partial charge in [0.25, 0.3) is 0 Å². The number of aromatic nitrogens is 2. The van der Waals surface area contributed by atoms with Crippen LogP contribution in [0.5, 0.6) is 0 Å². The first-order valence-corrected chi connectivity index (χ1v) is 6.33. The summed E-state index contributed by atoms with van der Waals surface area (Å²) in [6.07, 6.45) is 0.175. The van der Waals surface area contributed by atoms with Gasteiger partial charge in [-0.1, -0.05) is 6.08 Å². The van der Waals surface area contributed by atoms with Crippen molar-refractivity contribution in [2.75, 3.05) is 12.3 Å². The fraction of sp³-hybridized carbons (Fsp3) is 0.500. The van der Waals surface area contributed by atoms with Crippen LogP contribution in [0.4, 0.5) is 5.82 Å². The van der Waals surface area contributed by atoms with E-state index in [9.17, 15) is 20.1 Å². The van der Waals surface area contributed by atoms with Crippen LogP contribution in [0.25, 0.3) is 0 Å². The Kier molecular flexibility index (Phi) is 4.28. The van der Waals surface area contributed by atoms with E-state index < -0.39 is 36.3 Å². The van der Waals surface area contributed by atoms with Crippen LogP contribution in [0.1, 0.15) is 6.42 Å². The molecule has 0 aliphatic carbocycles. The largest absolute Gasteiger partial charge is 0.405 e. The Labute approximate surface area is 120 Å². The third kappa shape index (κ3) is 2.51. The first-order valence-electron chi connectivity index (χ1n) is 6.33. The summed E-state index contributed by atoms with van der Waals surface area (Å²) in [5.41, 5.74) is 8.38. The maximum atomic E-state index is 12.0. The van der Waals surface area contributed by atoms with E-state index in [4.69, 9.17) is 16.2 Å². The van der Waals surface area contributed by atoms with Crippen molar-refractivity contribution in [1.29, 1.82) is 0 Å². The molecule has 9 heteroatoms. The summed E-state index contributed by atoms with van der Waals surface area (Å²) in [7, 11) is 0. The van der Waals surface area contributed by atoms with E-state index in [2.05, 4.69) is 4.98 Å². The third-order valence-corrected chi connectivity index (χ3v) is 3.48. The van der Waals surface area contributed by atoms with Crippen molar-refractivity contribution in [2.45, 2.75) is 30.5 Å². The maximum Gasteiger partial charge on any atom is 0.351 e. The standard InChI is InChI=1S/C12H18N4O5/c13-4-1-3-12(10(19)9(18)7(6-17)21-12)16-5-2-8(14)15-11(16)20/h1-2,4-5,7,9-10,17-19H,3,6,13H2,(H2,14,15,20)/b4-1+/t7-,9-,10-,12-/m1/s1. The number of hydrogen-bond donors (Lipinski definition) is 5. The first kappa shape index (κ1) is 15.4. The van der Waals surface area contributed by atoms with Gasteiger partial charge >= 0.3 is 5.69 Å². The summed E-state index contributed by atoms with van der Waals surface area (Å²) in [5, 5.41) is 29.5. The molecule has 1 fully saturated rings. The molecular formula is C12H18N4O5. The Bertz CT molecular complexity index is 589. The van der Waals surface area contributed by atoms with Gasteiger partial charge in [0.15, 0.2) is 5.72 Å². The molecule has 0 aromatic carbocycles. The van der Waals surface area contributed by atoms with Crippen LogP contribution in [0, 0.1) is 0 Å². The van der Waals surface area contributed by atoms with Gasteiger partial charge in [-0.25, -0.2) is 4.79 Å². The molecule has 9 nitrogen and oxygen atoms in total. The average Bonchev–Trinajstić information content (AvgIpc) is 2.70. The highest BCUT2D eigenvalue weighted by molar-refractivity contribution is 5.24. The molecular weight excluding hydrogens is 280 g/mol. The molecule has 0 bridgehead atoms. The van der Waals surface area contributed by atoms with E-state index in [1.165, 1.54) is 24.5 Å². The normalized spacial score (nSPS) is 32.8. The second-order valence-electron chi connectivity index (χ2n) is 4.76. The van der Waals surface area contributed by atoms with Crippen LogP contribution in [0.2, 0.25) is 0 Å². The van der Waals surface area contributed by atoms with Gasteiger partial charge in [-0.15, -0.1) is 0 Å². The van der Waals surface area contributed by atoms with Crippen LogP contribution in [-0.2, 0) is 10.5 Å². The molecule has 1 aliphatic heterocycles. The molecule has 1 aromatic heterocycles. The molecule has 1 aromatic rings. The molecule has 0 saturated carbocycles. The predicted molar refractivity (Wildman–Crippen MR) is 72.8 cm³/mol. The van der Waals surface area contributed by atoms with Crippen LogP contribution in [-0.4, -0.2) is 49.8 Å². The van der Waals surface area contributed by atoms with Crippen molar-refractivity contribution < 1.29 is 20.1 Å². The fourth-order valence-corrected chi connectivity index (χ4v) is 2.42. The van der Waals surface area contributed by atoms with Gasteiger partial charge in [0.2, 0.25) is 0 Å². The molecule has 0 unspecified atom stereocenters. The van der Waals surface area contributed by atoms with Crippen molar-refractivity contribution in [3.05, 3.63) is 35.0 Å². The molecule has 0 amide bonds. The van der Waals surface area contributed by atoms with Crippen molar-refractivity contribution >= 4 is 5.82 Å². The van der Waals surface area contributed by atoms with Crippen LogP contribution in [0.3, 0.4) is 0 Å². The average molecular weight is 298 g/mol. The van der Waals surface area contributed by atoms with E-state index in [0.717, 1.165) is 4.57 Å². The van der Waals surface area contributed by atoms with E-state index in [0.29, 0.717) is 0 Å². The zero-order valence-electron chi connectivity index (χ0n) is 11.2. The summed E-state index contributed by atoms with van der Waals surface area (Å²) in [6, 6.07) is 1.37. The number of nitrogens with two attached hydrogens (primary N) is 2. The van der Waals surface area contributed by atoms with Gasteiger partial charge in [0.1, 0.15) is 24.1 Å². The summed E-state index contributed by atoms with van der Waals surface area (Å²) >= 11 is 0. The van der Waals surface area contributed by atoms with E-state index in [1.807, 2.05) is 0 Å². The Hall–Kier alpha value is -1.94. The summed E-state index contributed by atoms with van der Waals surface area (Å²) in [4.78, 5) is 15.6. The minimum atomic E-state index is -1.61. The Morgan fingerprint density at radius 3 is 2.76 bits per heavy atom. The quantitative estimate of drug-likeness (QED) is 0.406. The molecule has 2 rings (SSSR count). The van der Waals surface area contributed by atoms with Crippen LogP contribution < -0.4 is 17.2 Å². The maximum absolute atomic E-state index is 12.0. The van der Waals surface area contributed by atoms with Gasteiger partial charge in [0, 0.05) is 12.6 Å². The van der Waals surface area contributed by atoms with E-state index in [1.54, 1.807) is 0 Å². The fourth-order valence-electron chi connectivity index (χ4n) is 2.42. The number of hydrogen-bond acceptors (Lipinski definition) is 8.